The van der Waals surface area contributed by atoms with Crippen molar-refractivity contribution in [2.75, 3.05) is 6.61 Å². The number of aryl methyl sites for hydroxylation is 1. The Balaban J connectivity index is 1.61. The molecule has 0 unspecified atom stereocenters. The van der Waals surface area contributed by atoms with Crippen LogP contribution in [0.3, 0.4) is 0 Å². The van der Waals surface area contributed by atoms with E-state index in [0.717, 1.165) is 28.7 Å². The quantitative estimate of drug-likeness (QED) is 0.696. The molecule has 140 valence electrons. The number of aromatic nitrogens is 2. The zero-order chi connectivity index (χ0) is 19.4. The smallest absolute Gasteiger partial charge is 0.258 e. The number of hydrogen-bond donors (Lipinski definition) is 1. The molecule has 0 aliphatic carbocycles. The fourth-order valence-corrected chi connectivity index (χ4v) is 2.95. The van der Waals surface area contributed by atoms with E-state index < -0.39 is 5.82 Å². The fourth-order valence-electron chi connectivity index (χ4n) is 2.72. The Kier molecular flexibility index (Phi) is 5.76. The lowest BCUT2D eigenvalue weighted by Crippen LogP contribution is -2.28. The molecule has 0 bridgehead atoms. The Bertz CT molecular complexity index is 957. The zero-order valence-corrected chi connectivity index (χ0v) is 15.8. The Morgan fingerprint density at radius 2 is 1.96 bits per heavy atom. The maximum absolute atomic E-state index is 13.0. The number of carbonyl (C=O) groups is 1. The maximum Gasteiger partial charge on any atom is 0.258 e. The van der Waals surface area contributed by atoms with Crippen molar-refractivity contribution in [1.29, 1.82) is 0 Å². The lowest BCUT2D eigenvalue weighted by Gasteiger charge is -2.09. The van der Waals surface area contributed by atoms with Gasteiger partial charge in [0, 0.05) is 17.8 Å². The zero-order valence-electron chi connectivity index (χ0n) is 15.0. The van der Waals surface area contributed by atoms with Crippen LogP contribution >= 0.6 is 11.6 Å². The van der Waals surface area contributed by atoms with E-state index in [4.69, 9.17) is 16.3 Å². The molecule has 7 heteroatoms. The summed E-state index contributed by atoms with van der Waals surface area (Å²) in [6.45, 7) is 3.99. The number of halogens is 2. The molecule has 1 N–H and O–H groups in total. The molecule has 27 heavy (non-hydrogen) atoms. The number of nitrogens with one attached hydrogen (secondary N) is 1. The molecule has 1 amide bonds. The van der Waals surface area contributed by atoms with E-state index in [-0.39, 0.29) is 23.3 Å². The van der Waals surface area contributed by atoms with Crippen molar-refractivity contribution in [2.24, 2.45) is 0 Å². The van der Waals surface area contributed by atoms with Gasteiger partial charge in [-0.3, -0.25) is 4.79 Å². The second-order valence-electron chi connectivity index (χ2n) is 6.04. The standard InChI is InChI=1S/C20H19ClFN3O2/c1-13-17(14(2)25(24-13)16-6-4-3-5-7-16)11-23-20(26)12-27-19-9-8-15(22)10-18(19)21/h3-10H,11-12H2,1-2H3,(H,23,26). The molecule has 0 fully saturated rings. The molecule has 0 radical (unpaired) electrons. The van der Waals surface area contributed by atoms with Crippen molar-refractivity contribution < 1.29 is 13.9 Å². The number of nitrogens with zero attached hydrogens (tertiary/aromatic N) is 2. The Morgan fingerprint density at radius 3 is 2.67 bits per heavy atom. The third kappa shape index (κ3) is 4.46. The third-order valence-corrected chi connectivity index (χ3v) is 4.45. The average Bonchev–Trinajstić information content (AvgIpc) is 2.94. The first-order chi connectivity index (χ1) is 13.0. The first kappa shape index (κ1) is 18.9. The lowest BCUT2D eigenvalue weighted by molar-refractivity contribution is -0.123. The molecular formula is C20H19ClFN3O2. The number of ether oxygens (including phenoxy) is 1. The van der Waals surface area contributed by atoms with Gasteiger partial charge in [-0.25, -0.2) is 9.07 Å². The fraction of sp³-hybridized carbons (Fsp3) is 0.200. The molecule has 1 aromatic heterocycles. The normalized spacial score (nSPS) is 10.7. The molecule has 0 spiro atoms. The van der Waals surface area contributed by atoms with E-state index in [9.17, 15) is 9.18 Å². The molecule has 3 aromatic rings. The van der Waals surface area contributed by atoms with Crippen LogP contribution in [-0.2, 0) is 11.3 Å². The Labute approximate surface area is 161 Å². The minimum absolute atomic E-state index is 0.124. The molecule has 0 saturated heterocycles. The van der Waals surface area contributed by atoms with Crippen LogP contribution in [0.2, 0.25) is 5.02 Å². The topological polar surface area (TPSA) is 56.2 Å². The van der Waals surface area contributed by atoms with Crippen LogP contribution in [0.5, 0.6) is 5.75 Å². The number of carbonyl (C=O) groups excluding carboxylic acids is 1. The van der Waals surface area contributed by atoms with E-state index in [0.29, 0.717) is 6.54 Å². The first-order valence-electron chi connectivity index (χ1n) is 8.41. The summed E-state index contributed by atoms with van der Waals surface area (Å²) in [5.41, 5.74) is 3.72. The van der Waals surface area contributed by atoms with E-state index in [1.807, 2.05) is 48.9 Å². The highest BCUT2D eigenvalue weighted by Crippen LogP contribution is 2.24. The largest absolute Gasteiger partial charge is 0.482 e. The van der Waals surface area contributed by atoms with Crippen molar-refractivity contribution >= 4 is 17.5 Å². The van der Waals surface area contributed by atoms with Gasteiger partial charge in [-0.05, 0) is 44.2 Å². The molecule has 1 heterocycles. The monoisotopic (exact) mass is 387 g/mol. The molecule has 0 atom stereocenters. The van der Waals surface area contributed by atoms with Crippen molar-refractivity contribution in [1.82, 2.24) is 15.1 Å². The van der Waals surface area contributed by atoms with Gasteiger partial charge in [-0.2, -0.15) is 5.10 Å². The number of rotatable bonds is 6. The molecule has 3 rings (SSSR count). The summed E-state index contributed by atoms with van der Waals surface area (Å²) >= 11 is 5.88. The first-order valence-corrected chi connectivity index (χ1v) is 8.78. The van der Waals surface area contributed by atoms with Gasteiger partial charge < -0.3 is 10.1 Å². The molecule has 2 aromatic carbocycles. The van der Waals surface area contributed by atoms with Crippen LogP contribution in [0.1, 0.15) is 17.0 Å². The summed E-state index contributed by atoms with van der Waals surface area (Å²) in [5, 5.41) is 7.49. The molecule has 0 aliphatic heterocycles. The van der Waals surface area contributed by atoms with Crippen molar-refractivity contribution in [3.63, 3.8) is 0 Å². The van der Waals surface area contributed by atoms with Gasteiger partial charge in [0.15, 0.2) is 6.61 Å². The SMILES string of the molecule is Cc1nn(-c2ccccc2)c(C)c1CNC(=O)COc1ccc(F)cc1Cl. The van der Waals surface area contributed by atoms with E-state index in [1.165, 1.54) is 12.1 Å². The van der Waals surface area contributed by atoms with Gasteiger partial charge in [0.05, 0.1) is 16.4 Å². The minimum atomic E-state index is -0.460. The van der Waals surface area contributed by atoms with Crippen LogP contribution in [0.4, 0.5) is 4.39 Å². The molecule has 5 nitrogen and oxygen atoms in total. The lowest BCUT2D eigenvalue weighted by atomic mass is 10.2. The summed E-state index contributed by atoms with van der Waals surface area (Å²) in [6.07, 6.45) is 0. The van der Waals surface area contributed by atoms with E-state index in [2.05, 4.69) is 10.4 Å². The van der Waals surface area contributed by atoms with Crippen LogP contribution in [0, 0.1) is 19.7 Å². The maximum atomic E-state index is 13.0. The highest BCUT2D eigenvalue weighted by atomic mass is 35.5. The van der Waals surface area contributed by atoms with E-state index in [1.54, 1.807) is 0 Å². The number of hydrogen-bond acceptors (Lipinski definition) is 3. The van der Waals surface area contributed by atoms with Crippen molar-refractivity contribution in [3.05, 3.63) is 76.3 Å². The van der Waals surface area contributed by atoms with Gasteiger partial charge in [-0.1, -0.05) is 29.8 Å². The second kappa shape index (κ2) is 8.22. The van der Waals surface area contributed by atoms with Gasteiger partial charge in [0.1, 0.15) is 11.6 Å². The summed E-state index contributed by atoms with van der Waals surface area (Å²) in [5.74, 6) is -0.502. The highest BCUT2D eigenvalue weighted by Gasteiger charge is 2.14. The van der Waals surface area contributed by atoms with Crippen LogP contribution in [0.15, 0.2) is 48.5 Å². The predicted octanol–water partition coefficient (Wildman–Crippen LogP) is 3.98. The summed E-state index contributed by atoms with van der Waals surface area (Å²) in [7, 11) is 0. The van der Waals surface area contributed by atoms with Gasteiger partial charge in [-0.15, -0.1) is 0 Å². The molecule has 0 saturated carbocycles. The molecule has 0 aliphatic rings. The third-order valence-electron chi connectivity index (χ3n) is 4.16. The predicted molar refractivity (Wildman–Crippen MR) is 102 cm³/mol. The van der Waals surface area contributed by atoms with Crippen LogP contribution in [-0.4, -0.2) is 22.3 Å². The number of amides is 1. The van der Waals surface area contributed by atoms with Crippen LogP contribution in [0.25, 0.3) is 5.69 Å². The summed E-state index contributed by atoms with van der Waals surface area (Å²) < 4.78 is 20.2. The van der Waals surface area contributed by atoms with Gasteiger partial charge in [0.25, 0.3) is 5.91 Å². The van der Waals surface area contributed by atoms with Gasteiger partial charge in [0.2, 0.25) is 0 Å². The Morgan fingerprint density at radius 1 is 1.22 bits per heavy atom. The number of para-hydroxylation sites is 1. The molecular weight excluding hydrogens is 369 g/mol. The van der Waals surface area contributed by atoms with Crippen molar-refractivity contribution in [2.45, 2.75) is 20.4 Å². The van der Waals surface area contributed by atoms with Gasteiger partial charge >= 0.3 is 0 Å². The highest BCUT2D eigenvalue weighted by molar-refractivity contribution is 6.32. The summed E-state index contributed by atoms with van der Waals surface area (Å²) in [4.78, 5) is 12.1. The number of benzene rings is 2. The minimum Gasteiger partial charge on any atom is -0.482 e. The van der Waals surface area contributed by atoms with E-state index >= 15 is 0 Å². The second-order valence-corrected chi connectivity index (χ2v) is 6.44. The summed E-state index contributed by atoms with van der Waals surface area (Å²) in [6, 6.07) is 13.6. The van der Waals surface area contributed by atoms with Crippen LogP contribution < -0.4 is 10.1 Å². The average molecular weight is 388 g/mol. The van der Waals surface area contributed by atoms with Crippen molar-refractivity contribution in [3.8, 4) is 11.4 Å². The Hall–Kier alpha value is -2.86.